The van der Waals surface area contributed by atoms with Crippen LogP contribution in [0.3, 0.4) is 0 Å². The van der Waals surface area contributed by atoms with Crippen molar-refractivity contribution in [1.82, 2.24) is 15.0 Å². The van der Waals surface area contributed by atoms with Gasteiger partial charge in [0.15, 0.2) is 5.96 Å². The average molecular weight is 303 g/mol. The van der Waals surface area contributed by atoms with E-state index in [0.29, 0.717) is 5.13 Å². The zero-order chi connectivity index (χ0) is 10.8. The van der Waals surface area contributed by atoms with E-state index in [4.69, 9.17) is 11.5 Å². The molecule has 0 saturated heterocycles. The second-order valence-corrected chi connectivity index (χ2v) is 3.77. The number of aromatic nitrogens is 3. The van der Waals surface area contributed by atoms with Gasteiger partial charge in [0.05, 0.1) is 11.9 Å². The molecule has 86 valence electrons. The molecule has 0 atom stereocenters. The lowest BCUT2D eigenvalue weighted by Gasteiger charge is -1.88. The minimum atomic E-state index is 0. The molecule has 0 saturated carbocycles. The summed E-state index contributed by atoms with van der Waals surface area (Å²) in [5.41, 5.74) is 12.2. The van der Waals surface area contributed by atoms with Crippen LogP contribution in [0.15, 0.2) is 16.6 Å². The highest BCUT2D eigenvalue weighted by Gasteiger charge is 2.05. The molecule has 0 aliphatic heterocycles. The fourth-order valence-corrected chi connectivity index (χ4v) is 1.81. The highest BCUT2D eigenvalue weighted by atomic mass is 79.9. The molecule has 0 aliphatic carbocycles. The van der Waals surface area contributed by atoms with Gasteiger partial charge in [-0.15, -0.1) is 28.3 Å². The SMILES string of the molecule is Br.Cc1ncc(-c2csc(N=C(N)N)n2)[nH]1. The van der Waals surface area contributed by atoms with Crippen molar-refractivity contribution in [3.8, 4) is 11.4 Å². The van der Waals surface area contributed by atoms with Crippen molar-refractivity contribution in [2.75, 3.05) is 0 Å². The first-order valence-corrected chi connectivity index (χ1v) is 5.10. The van der Waals surface area contributed by atoms with E-state index in [9.17, 15) is 0 Å². The quantitative estimate of drug-likeness (QED) is 0.574. The van der Waals surface area contributed by atoms with Crippen LogP contribution in [0.2, 0.25) is 0 Å². The third kappa shape index (κ3) is 2.80. The summed E-state index contributed by atoms with van der Waals surface area (Å²) in [6.45, 7) is 1.88. The van der Waals surface area contributed by atoms with Crippen LogP contribution in [-0.4, -0.2) is 20.9 Å². The van der Waals surface area contributed by atoms with Crippen molar-refractivity contribution in [1.29, 1.82) is 0 Å². The summed E-state index contributed by atoms with van der Waals surface area (Å²) in [5, 5.41) is 2.41. The van der Waals surface area contributed by atoms with Gasteiger partial charge in [0.25, 0.3) is 0 Å². The van der Waals surface area contributed by atoms with E-state index in [1.54, 1.807) is 6.20 Å². The van der Waals surface area contributed by atoms with Crippen LogP contribution in [0.25, 0.3) is 11.4 Å². The molecular weight excluding hydrogens is 292 g/mol. The van der Waals surface area contributed by atoms with Gasteiger partial charge in [-0.3, -0.25) is 0 Å². The van der Waals surface area contributed by atoms with Crippen molar-refractivity contribution >= 4 is 39.4 Å². The Morgan fingerprint density at radius 3 is 2.81 bits per heavy atom. The van der Waals surface area contributed by atoms with Crippen LogP contribution in [0.1, 0.15) is 5.82 Å². The molecule has 2 rings (SSSR count). The first-order chi connectivity index (χ1) is 7.15. The number of nitrogens with two attached hydrogens (primary N) is 2. The average Bonchev–Trinajstić information content (AvgIpc) is 2.72. The van der Waals surface area contributed by atoms with Crippen LogP contribution < -0.4 is 11.5 Å². The second-order valence-electron chi connectivity index (χ2n) is 2.93. The van der Waals surface area contributed by atoms with Gasteiger partial charge in [-0.25, -0.2) is 9.97 Å². The van der Waals surface area contributed by atoms with Crippen molar-refractivity contribution in [3.63, 3.8) is 0 Å². The summed E-state index contributed by atoms with van der Waals surface area (Å²) >= 11 is 1.38. The Kier molecular flexibility index (Phi) is 4.02. The lowest BCUT2D eigenvalue weighted by molar-refractivity contribution is 1.15. The van der Waals surface area contributed by atoms with Gasteiger partial charge in [0.2, 0.25) is 5.13 Å². The number of halogens is 1. The Hall–Kier alpha value is -1.41. The van der Waals surface area contributed by atoms with Crippen LogP contribution in [0, 0.1) is 6.92 Å². The van der Waals surface area contributed by atoms with Crippen molar-refractivity contribution in [2.24, 2.45) is 16.5 Å². The molecule has 5 N–H and O–H groups in total. The largest absolute Gasteiger partial charge is 0.370 e. The fraction of sp³-hybridized carbons (Fsp3) is 0.125. The molecule has 0 bridgehead atoms. The molecule has 0 spiro atoms. The van der Waals surface area contributed by atoms with Crippen molar-refractivity contribution < 1.29 is 0 Å². The lowest BCUT2D eigenvalue weighted by atomic mass is 10.4. The molecule has 16 heavy (non-hydrogen) atoms. The van der Waals surface area contributed by atoms with E-state index >= 15 is 0 Å². The van der Waals surface area contributed by atoms with E-state index in [1.165, 1.54) is 11.3 Å². The molecule has 0 aromatic carbocycles. The Morgan fingerprint density at radius 1 is 1.50 bits per heavy atom. The summed E-state index contributed by atoms with van der Waals surface area (Å²) in [6, 6.07) is 0. The molecule has 0 radical (unpaired) electrons. The molecule has 0 amide bonds. The number of aliphatic imine (C=N–C) groups is 1. The van der Waals surface area contributed by atoms with Crippen molar-refractivity contribution in [3.05, 3.63) is 17.4 Å². The number of rotatable bonds is 2. The molecule has 2 aromatic rings. The minimum absolute atomic E-state index is 0. The van der Waals surface area contributed by atoms with Gasteiger partial charge in [-0.05, 0) is 6.92 Å². The maximum absolute atomic E-state index is 5.25. The predicted molar refractivity (Wildman–Crippen MR) is 70.2 cm³/mol. The van der Waals surface area contributed by atoms with E-state index in [2.05, 4.69) is 19.9 Å². The third-order valence-electron chi connectivity index (χ3n) is 1.70. The Morgan fingerprint density at radius 2 is 2.25 bits per heavy atom. The summed E-state index contributed by atoms with van der Waals surface area (Å²) in [6.07, 6.45) is 1.73. The van der Waals surface area contributed by atoms with Gasteiger partial charge < -0.3 is 16.5 Å². The monoisotopic (exact) mass is 302 g/mol. The number of hydrogen-bond acceptors (Lipinski definition) is 4. The van der Waals surface area contributed by atoms with Crippen LogP contribution >= 0.6 is 28.3 Å². The van der Waals surface area contributed by atoms with Crippen LogP contribution in [-0.2, 0) is 0 Å². The maximum atomic E-state index is 5.25. The fourth-order valence-electron chi connectivity index (χ4n) is 1.10. The Balaban J connectivity index is 0.00000128. The zero-order valence-corrected chi connectivity index (χ0v) is 11.0. The Bertz CT molecular complexity index is 498. The predicted octanol–water partition coefficient (Wildman–Crippen LogP) is 1.32. The Labute approximate surface area is 107 Å². The summed E-state index contributed by atoms with van der Waals surface area (Å²) in [7, 11) is 0. The lowest BCUT2D eigenvalue weighted by Crippen LogP contribution is -2.21. The van der Waals surface area contributed by atoms with Gasteiger partial charge in [0.1, 0.15) is 11.5 Å². The maximum Gasteiger partial charge on any atom is 0.212 e. The number of nitrogens with zero attached hydrogens (tertiary/aromatic N) is 3. The van der Waals surface area contributed by atoms with Gasteiger partial charge in [0, 0.05) is 5.38 Å². The number of thiazole rings is 1. The highest BCUT2D eigenvalue weighted by Crippen LogP contribution is 2.25. The van der Waals surface area contributed by atoms with E-state index in [0.717, 1.165) is 17.2 Å². The van der Waals surface area contributed by atoms with E-state index in [-0.39, 0.29) is 22.9 Å². The molecule has 0 fully saturated rings. The molecule has 0 unspecified atom stereocenters. The highest BCUT2D eigenvalue weighted by molar-refractivity contribution is 8.93. The van der Waals surface area contributed by atoms with Gasteiger partial charge >= 0.3 is 0 Å². The number of guanidine groups is 1. The third-order valence-corrected chi connectivity index (χ3v) is 2.43. The number of nitrogens with one attached hydrogen (secondary N) is 1. The molecule has 2 aromatic heterocycles. The zero-order valence-electron chi connectivity index (χ0n) is 8.47. The standard InChI is InChI=1S/C8H10N6S.BrH/c1-4-11-2-5(12-4)6-3-15-8(13-6)14-7(9)10;/h2-3H,1H3,(H,11,12)(H4,9,10,13,14);1H. The number of H-pyrrole nitrogens is 1. The number of aromatic amines is 1. The number of imidazole rings is 1. The van der Waals surface area contributed by atoms with E-state index < -0.39 is 0 Å². The smallest absolute Gasteiger partial charge is 0.212 e. The van der Waals surface area contributed by atoms with Crippen molar-refractivity contribution in [2.45, 2.75) is 6.92 Å². The summed E-state index contributed by atoms with van der Waals surface area (Å²) < 4.78 is 0. The van der Waals surface area contributed by atoms with E-state index in [1.807, 2.05) is 12.3 Å². The summed E-state index contributed by atoms with van der Waals surface area (Å²) in [4.78, 5) is 15.3. The molecule has 2 heterocycles. The molecule has 0 aliphatic rings. The topological polar surface area (TPSA) is 106 Å². The summed E-state index contributed by atoms with van der Waals surface area (Å²) in [5.74, 6) is 0.859. The number of hydrogen-bond donors (Lipinski definition) is 3. The van der Waals surface area contributed by atoms with Gasteiger partial charge in [-0.2, -0.15) is 4.99 Å². The normalized spacial score (nSPS) is 9.56. The molecule has 6 nitrogen and oxygen atoms in total. The molecular formula is C8H11BrN6S. The second kappa shape index (κ2) is 5.08. The van der Waals surface area contributed by atoms with Crippen LogP contribution in [0.5, 0.6) is 0 Å². The number of aryl methyl sites for hydroxylation is 1. The minimum Gasteiger partial charge on any atom is -0.370 e. The van der Waals surface area contributed by atoms with Gasteiger partial charge in [-0.1, -0.05) is 0 Å². The first kappa shape index (κ1) is 12.7. The first-order valence-electron chi connectivity index (χ1n) is 4.22. The van der Waals surface area contributed by atoms with Crippen LogP contribution in [0.4, 0.5) is 5.13 Å². The molecule has 8 heteroatoms.